The van der Waals surface area contributed by atoms with Gasteiger partial charge >= 0.3 is 0 Å². The fourth-order valence-corrected chi connectivity index (χ4v) is 5.15. The lowest BCUT2D eigenvalue weighted by Gasteiger charge is -2.12. The Bertz CT molecular complexity index is 1470. The molecule has 15 heteroatoms. The molecule has 2 aromatic rings. The van der Waals surface area contributed by atoms with E-state index in [1.807, 2.05) is 0 Å². The number of nitro groups is 1. The van der Waals surface area contributed by atoms with Crippen molar-refractivity contribution in [2.45, 2.75) is 31.7 Å². The van der Waals surface area contributed by atoms with Crippen LogP contribution in [-0.4, -0.2) is 53.5 Å². The third kappa shape index (κ3) is 4.24. The van der Waals surface area contributed by atoms with Crippen molar-refractivity contribution in [2.75, 3.05) is 20.3 Å². The van der Waals surface area contributed by atoms with Gasteiger partial charge in [-0.2, -0.15) is 5.26 Å². The minimum Gasteiger partial charge on any atom is -0.493 e. The molecule has 3 rings (SSSR count). The number of aromatic hydroxyl groups is 1. The second kappa shape index (κ2) is 9.60. The summed E-state index contributed by atoms with van der Waals surface area (Å²) >= 11 is 0. The third-order valence-corrected chi connectivity index (χ3v) is 7.24. The predicted octanol–water partition coefficient (Wildman–Crippen LogP) is 2.26. The molecule has 1 aliphatic rings. The van der Waals surface area contributed by atoms with Crippen LogP contribution in [0.3, 0.4) is 0 Å². The number of nitrogens with zero attached hydrogens (tertiary/aromatic N) is 6. The van der Waals surface area contributed by atoms with Crippen molar-refractivity contribution in [3.63, 3.8) is 0 Å². The summed E-state index contributed by atoms with van der Waals surface area (Å²) in [6, 6.07) is 3.42. The zero-order valence-corrected chi connectivity index (χ0v) is 19.7. The Morgan fingerprint density at radius 1 is 1.29 bits per heavy atom. The van der Waals surface area contributed by atoms with E-state index in [1.165, 1.54) is 21.0 Å². The number of methoxy groups -OCH3 is 1. The number of pyridine rings is 1. The Morgan fingerprint density at radius 2 is 1.97 bits per heavy atom. The van der Waals surface area contributed by atoms with Gasteiger partial charge in [0.1, 0.15) is 16.5 Å². The largest absolute Gasteiger partial charge is 0.493 e. The van der Waals surface area contributed by atoms with Gasteiger partial charge in [0.25, 0.3) is 27.2 Å². The molecule has 1 N–H and O–H groups in total. The van der Waals surface area contributed by atoms with E-state index < -0.39 is 48.6 Å². The molecule has 0 saturated carbocycles. The topological polar surface area (TPSA) is 198 Å². The summed E-state index contributed by atoms with van der Waals surface area (Å²) in [6.07, 6.45) is 0.324. The number of azo groups is 1. The third-order valence-electron chi connectivity index (χ3n) is 5.34. The molecular formula is C20H20N6O8S. The van der Waals surface area contributed by atoms with Crippen LogP contribution in [0.15, 0.2) is 32.1 Å². The van der Waals surface area contributed by atoms with Crippen LogP contribution in [0.25, 0.3) is 0 Å². The number of nitro benzene ring substituents is 1. The summed E-state index contributed by atoms with van der Waals surface area (Å²) in [6.45, 7) is 2.86. The van der Waals surface area contributed by atoms with Crippen LogP contribution >= 0.6 is 0 Å². The lowest BCUT2D eigenvalue weighted by atomic mass is 10.1. The number of carbonyl (C=O) groups is 1. The van der Waals surface area contributed by atoms with Gasteiger partial charge in [-0.05, 0) is 26.3 Å². The number of hydrogen-bond donors (Lipinski definition) is 1. The molecule has 14 nitrogen and oxygen atoms in total. The van der Waals surface area contributed by atoms with Crippen LogP contribution < -0.4 is 5.56 Å². The van der Waals surface area contributed by atoms with E-state index in [9.17, 15) is 38.5 Å². The first-order valence-corrected chi connectivity index (χ1v) is 11.6. The van der Waals surface area contributed by atoms with Gasteiger partial charge in [0.15, 0.2) is 11.4 Å². The molecule has 0 fully saturated rings. The number of fused-ring (bicyclic) bond motifs is 1. The smallest absolute Gasteiger partial charge is 0.297 e. The number of carbonyl (C=O) groups excluding carboxylic acids is 1. The Morgan fingerprint density at radius 3 is 2.54 bits per heavy atom. The van der Waals surface area contributed by atoms with Crippen molar-refractivity contribution >= 4 is 33.0 Å². The zero-order chi connectivity index (χ0) is 26.1. The molecule has 1 aromatic heterocycles. The van der Waals surface area contributed by atoms with Gasteiger partial charge in [0.2, 0.25) is 5.88 Å². The molecule has 0 radical (unpaired) electrons. The number of rotatable bonds is 8. The van der Waals surface area contributed by atoms with Crippen molar-refractivity contribution in [1.29, 1.82) is 5.26 Å². The molecule has 0 unspecified atom stereocenters. The highest BCUT2D eigenvalue weighted by Gasteiger charge is 2.42. The van der Waals surface area contributed by atoms with E-state index in [0.717, 1.165) is 16.7 Å². The van der Waals surface area contributed by atoms with Crippen LogP contribution in [0.5, 0.6) is 5.88 Å². The second-order valence-corrected chi connectivity index (χ2v) is 9.19. The molecule has 2 heterocycles. The maximum Gasteiger partial charge on any atom is 0.297 e. The number of hydrogen-bond acceptors (Lipinski definition) is 11. The molecule has 0 aliphatic carbocycles. The lowest BCUT2D eigenvalue weighted by Crippen LogP contribution is -2.29. The fraction of sp³-hybridized carbons (Fsp3) is 0.350. The van der Waals surface area contributed by atoms with Crippen molar-refractivity contribution in [3.8, 4) is 11.9 Å². The Hall–Kier alpha value is -4.16. The van der Waals surface area contributed by atoms with Crippen molar-refractivity contribution < 1.29 is 28.0 Å². The number of ether oxygens (including phenoxy) is 1. The molecule has 0 atom stereocenters. The molecule has 1 aromatic carbocycles. The van der Waals surface area contributed by atoms with Crippen molar-refractivity contribution in [1.82, 2.24) is 8.87 Å². The van der Waals surface area contributed by atoms with E-state index in [4.69, 9.17) is 4.74 Å². The van der Waals surface area contributed by atoms with Gasteiger partial charge in [-0.1, -0.05) is 0 Å². The average molecular weight is 504 g/mol. The summed E-state index contributed by atoms with van der Waals surface area (Å²) in [5.74, 6) is -1.47. The first kappa shape index (κ1) is 25.5. The average Bonchev–Trinajstić information content (AvgIpc) is 2.99. The molecule has 0 bridgehead atoms. The molecular weight excluding hydrogens is 484 g/mol. The monoisotopic (exact) mass is 504 g/mol. The number of sulfonamides is 1. The first-order chi connectivity index (χ1) is 16.5. The minimum atomic E-state index is -4.24. The Kier molecular flexibility index (Phi) is 6.99. The van der Waals surface area contributed by atoms with Gasteiger partial charge in [-0.3, -0.25) is 24.3 Å². The molecule has 35 heavy (non-hydrogen) atoms. The summed E-state index contributed by atoms with van der Waals surface area (Å²) in [5, 5.41) is 38.9. The molecule has 0 spiro atoms. The minimum absolute atomic E-state index is 0.0117. The predicted molar refractivity (Wildman–Crippen MR) is 119 cm³/mol. The number of amides is 1. The molecule has 1 aliphatic heterocycles. The number of benzene rings is 1. The van der Waals surface area contributed by atoms with E-state index in [-0.39, 0.29) is 42.1 Å². The first-order valence-electron chi connectivity index (χ1n) is 10.2. The van der Waals surface area contributed by atoms with Gasteiger partial charge in [-0.25, -0.2) is 12.7 Å². The van der Waals surface area contributed by atoms with Gasteiger partial charge in [0, 0.05) is 38.4 Å². The standard InChI is InChI=1S/C20H20N6O8S/c1-4-25-19(28)12-8-15(26(30)31)14(9-16(12)35(25,32)33)22-23-17-11(2)13(10-21)18(27)24(20(17)29)6-5-7-34-3/h8-9,27H,4-7H2,1-3H3. The van der Waals surface area contributed by atoms with Gasteiger partial charge < -0.3 is 9.84 Å². The van der Waals surface area contributed by atoms with Gasteiger partial charge in [-0.15, -0.1) is 10.2 Å². The van der Waals surface area contributed by atoms with Crippen LogP contribution in [0.1, 0.15) is 34.8 Å². The maximum absolute atomic E-state index is 12.9. The van der Waals surface area contributed by atoms with E-state index >= 15 is 0 Å². The fourth-order valence-electron chi connectivity index (χ4n) is 3.58. The van der Waals surface area contributed by atoms with Crippen LogP contribution in [0.2, 0.25) is 0 Å². The maximum atomic E-state index is 12.9. The van der Waals surface area contributed by atoms with Crippen LogP contribution in [-0.2, 0) is 21.3 Å². The molecule has 1 amide bonds. The number of nitriles is 1. The Balaban J connectivity index is 2.20. The van der Waals surface area contributed by atoms with Crippen molar-refractivity contribution in [2.24, 2.45) is 10.2 Å². The van der Waals surface area contributed by atoms with Crippen molar-refractivity contribution in [3.05, 3.63) is 49.3 Å². The van der Waals surface area contributed by atoms with Crippen LogP contribution in [0, 0.1) is 28.4 Å². The molecule has 184 valence electrons. The zero-order valence-electron chi connectivity index (χ0n) is 18.9. The quantitative estimate of drug-likeness (QED) is 0.242. The van der Waals surface area contributed by atoms with Crippen LogP contribution in [0.4, 0.5) is 17.1 Å². The SMILES string of the molecule is CCN1C(=O)c2cc([N+](=O)[O-])c(N=Nc3c(C)c(C#N)c(O)n(CCCOC)c3=O)cc2S1(=O)=O. The summed E-state index contributed by atoms with van der Waals surface area (Å²) in [5.41, 5.74) is -3.05. The second-order valence-electron chi connectivity index (χ2n) is 7.36. The summed E-state index contributed by atoms with van der Waals surface area (Å²) in [7, 11) is -2.79. The van der Waals surface area contributed by atoms with E-state index in [0.29, 0.717) is 10.7 Å². The van der Waals surface area contributed by atoms with E-state index in [2.05, 4.69) is 10.2 Å². The van der Waals surface area contributed by atoms with E-state index in [1.54, 1.807) is 6.07 Å². The summed E-state index contributed by atoms with van der Waals surface area (Å²) in [4.78, 5) is 35.6. The lowest BCUT2D eigenvalue weighted by molar-refractivity contribution is -0.384. The number of aromatic nitrogens is 1. The molecule has 0 saturated heterocycles. The van der Waals surface area contributed by atoms with Gasteiger partial charge in [0.05, 0.1) is 10.5 Å². The summed E-state index contributed by atoms with van der Waals surface area (Å²) < 4.78 is 31.7. The highest BCUT2D eigenvalue weighted by molar-refractivity contribution is 7.90. The highest BCUT2D eigenvalue weighted by atomic mass is 32.2. The normalized spacial score (nSPS) is 14.3. The highest BCUT2D eigenvalue weighted by Crippen LogP contribution is 2.39. The Labute approximate surface area is 198 Å².